The van der Waals surface area contributed by atoms with E-state index in [1.165, 1.54) is 0 Å². The molecule has 0 amide bonds. The van der Waals surface area contributed by atoms with Gasteiger partial charge in [0.15, 0.2) is 5.78 Å². The molecule has 1 saturated heterocycles. The molecule has 0 aromatic rings. The van der Waals surface area contributed by atoms with Crippen LogP contribution in [0.25, 0.3) is 0 Å². The van der Waals surface area contributed by atoms with E-state index in [4.69, 9.17) is 4.74 Å². The van der Waals surface area contributed by atoms with E-state index in [0.29, 0.717) is 6.61 Å². The third kappa shape index (κ3) is 1.57. The number of ether oxygens (including phenoxy) is 1. The van der Waals surface area contributed by atoms with Crippen LogP contribution in [0.15, 0.2) is 23.3 Å². The van der Waals surface area contributed by atoms with Crippen molar-refractivity contribution < 1.29 is 9.53 Å². The molecule has 0 saturated carbocycles. The van der Waals surface area contributed by atoms with Gasteiger partial charge in [-0.25, -0.2) is 0 Å². The fourth-order valence-electron chi connectivity index (χ4n) is 1.17. The monoisotopic (exact) mass is 152 g/mol. The molecule has 11 heavy (non-hydrogen) atoms. The van der Waals surface area contributed by atoms with Crippen LogP contribution in [0.5, 0.6) is 0 Å². The standard InChI is InChI=1S/C9H12O2/c1-3-7-5-11-6-9(10)8(7)4-2/h3-4H,5-6H2,1-2H3/b7-3-,8-4+. The SMILES string of the molecule is C/C=C1/COCC(=O)/C1=C/C. The molecule has 1 fully saturated rings. The average Bonchev–Trinajstić information content (AvgIpc) is 2.04. The molecule has 0 radical (unpaired) electrons. The van der Waals surface area contributed by atoms with Crippen molar-refractivity contribution in [1.29, 1.82) is 0 Å². The van der Waals surface area contributed by atoms with Gasteiger partial charge in [-0.2, -0.15) is 0 Å². The fraction of sp³-hybridized carbons (Fsp3) is 0.444. The smallest absolute Gasteiger partial charge is 0.188 e. The van der Waals surface area contributed by atoms with Crippen molar-refractivity contribution in [3.05, 3.63) is 23.3 Å². The number of hydrogen-bond donors (Lipinski definition) is 0. The van der Waals surface area contributed by atoms with Gasteiger partial charge >= 0.3 is 0 Å². The minimum atomic E-state index is 0.0897. The van der Waals surface area contributed by atoms with Gasteiger partial charge in [-0.05, 0) is 19.4 Å². The van der Waals surface area contributed by atoms with Gasteiger partial charge in [0.25, 0.3) is 0 Å². The maximum atomic E-state index is 11.2. The van der Waals surface area contributed by atoms with Crippen molar-refractivity contribution in [3.8, 4) is 0 Å². The van der Waals surface area contributed by atoms with E-state index in [1.807, 2.05) is 26.0 Å². The number of hydrogen-bond acceptors (Lipinski definition) is 2. The zero-order chi connectivity index (χ0) is 8.27. The number of carbonyl (C=O) groups excluding carboxylic acids is 1. The van der Waals surface area contributed by atoms with E-state index < -0.39 is 0 Å². The second kappa shape index (κ2) is 3.49. The Morgan fingerprint density at radius 3 is 2.45 bits per heavy atom. The topological polar surface area (TPSA) is 26.3 Å². The van der Waals surface area contributed by atoms with Crippen LogP contribution < -0.4 is 0 Å². The lowest BCUT2D eigenvalue weighted by molar-refractivity contribution is -0.120. The summed E-state index contributed by atoms with van der Waals surface area (Å²) in [6, 6.07) is 0. The van der Waals surface area contributed by atoms with Crippen LogP contribution in [-0.2, 0) is 9.53 Å². The second-order valence-electron chi connectivity index (χ2n) is 2.43. The minimum absolute atomic E-state index is 0.0897. The maximum absolute atomic E-state index is 11.2. The third-order valence-corrected chi connectivity index (χ3v) is 1.77. The summed E-state index contributed by atoms with van der Waals surface area (Å²) < 4.78 is 5.06. The predicted octanol–water partition coefficient (Wildman–Crippen LogP) is 1.48. The van der Waals surface area contributed by atoms with Crippen LogP contribution in [0.4, 0.5) is 0 Å². The van der Waals surface area contributed by atoms with E-state index in [0.717, 1.165) is 11.1 Å². The lowest BCUT2D eigenvalue weighted by atomic mass is 10.0. The molecule has 0 aromatic carbocycles. The molecule has 0 aromatic heterocycles. The number of allylic oxidation sites excluding steroid dienone is 2. The van der Waals surface area contributed by atoms with Crippen molar-refractivity contribution in [3.63, 3.8) is 0 Å². The molecule has 0 atom stereocenters. The van der Waals surface area contributed by atoms with Crippen LogP contribution in [0, 0.1) is 0 Å². The highest BCUT2D eigenvalue weighted by Crippen LogP contribution is 2.16. The van der Waals surface area contributed by atoms with Crippen LogP contribution >= 0.6 is 0 Å². The number of Topliss-reactive ketones (excluding diaryl/α,β-unsaturated/α-hetero) is 1. The predicted molar refractivity (Wildman–Crippen MR) is 43.3 cm³/mol. The molecule has 2 heteroatoms. The van der Waals surface area contributed by atoms with Gasteiger partial charge in [-0.15, -0.1) is 0 Å². The van der Waals surface area contributed by atoms with Gasteiger partial charge in [0, 0.05) is 5.57 Å². The average molecular weight is 152 g/mol. The Balaban J connectivity index is 2.90. The van der Waals surface area contributed by atoms with E-state index in [2.05, 4.69) is 0 Å². The molecular formula is C9H12O2. The van der Waals surface area contributed by atoms with E-state index in [1.54, 1.807) is 0 Å². The minimum Gasteiger partial charge on any atom is -0.369 e. The molecule has 1 aliphatic heterocycles. The summed E-state index contributed by atoms with van der Waals surface area (Å²) in [5, 5.41) is 0. The molecule has 1 aliphatic rings. The summed E-state index contributed by atoms with van der Waals surface area (Å²) in [5.74, 6) is 0.0897. The highest BCUT2D eigenvalue weighted by atomic mass is 16.5. The van der Waals surface area contributed by atoms with Crippen molar-refractivity contribution in [1.82, 2.24) is 0 Å². The van der Waals surface area contributed by atoms with Gasteiger partial charge in [-0.1, -0.05) is 12.2 Å². The molecule has 60 valence electrons. The normalized spacial score (nSPS) is 26.5. The Morgan fingerprint density at radius 2 is 2.00 bits per heavy atom. The third-order valence-electron chi connectivity index (χ3n) is 1.77. The Hall–Kier alpha value is -0.890. The molecule has 0 spiro atoms. The van der Waals surface area contributed by atoms with Crippen LogP contribution in [-0.4, -0.2) is 19.0 Å². The van der Waals surface area contributed by atoms with Crippen molar-refractivity contribution in [2.75, 3.05) is 13.2 Å². The van der Waals surface area contributed by atoms with E-state index >= 15 is 0 Å². The number of ketones is 1. The van der Waals surface area contributed by atoms with Gasteiger partial charge < -0.3 is 4.74 Å². The Kier molecular flexibility index (Phi) is 2.60. The van der Waals surface area contributed by atoms with Gasteiger partial charge in [0.2, 0.25) is 0 Å². The molecule has 1 rings (SSSR count). The van der Waals surface area contributed by atoms with E-state index in [9.17, 15) is 4.79 Å². The Labute approximate surface area is 66.5 Å². The highest BCUT2D eigenvalue weighted by molar-refractivity contribution is 6.01. The number of rotatable bonds is 0. The summed E-state index contributed by atoms with van der Waals surface area (Å²) in [4.78, 5) is 11.2. The van der Waals surface area contributed by atoms with Crippen LogP contribution in [0.1, 0.15) is 13.8 Å². The molecule has 1 heterocycles. The molecular weight excluding hydrogens is 140 g/mol. The van der Waals surface area contributed by atoms with Gasteiger partial charge in [-0.3, -0.25) is 4.79 Å². The summed E-state index contributed by atoms with van der Waals surface area (Å²) >= 11 is 0. The lowest BCUT2D eigenvalue weighted by Gasteiger charge is -2.16. The highest BCUT2D eigenvalue weighted by Gasteiger charge is 2.18. The van der Waals surface area contributed by atoms with E-state index in [-0.39, 0.29) is 12.4 Å². The van der Waals surface area contributed by atoms with Crippen LogP contribution in [0.3, 0.4) is 0 Å². The Bertz CT molecular complexity index is 224. The van der Waals surface area contributed by atoms with Crippen LogP contribution in [0.2, 0.25) is 0 Å². The van der Waals surface area contributed by atoms with Gasteiger partial charge in [0.1, 0.15) is 6.61 Å². The molecule has 0 bridgehead atoms. The van der Waals surface area contributed by atoms with Crippen molar-refractivity contribution >= 4 is 5.78 Å². The molecule has 0 N–H and O–H groups in total. The second-order valence-corrected chi connectivity index (χ2v) is 2.43. The molecule has 0 unspecified atom stereocenters. The Morgan fingerprint density at radius 1 is 1.27 bits per heavy atom. The number of carbonyl (C=O) groups is 1. The van der Waals surface area contributed by atoms with Gasteiger partial charge in [0.05, 0.1) is 6.61 Å². The summed E-state index contributed by atoms with van der Waals surface area (Å²) in [6.07, 6.45) is 3.77. The van der Waals surface area contributed by atoms with Crippen molar-refractivity contribution in [2.24, 2.45) is 0 Å². The first kappa shape index (κ1) is 8.21. The largest absolute Gasteiger partial charge is 0.369 e. The summed E-state index contributed by atoms with van der Waals surface area (Å²) in [5.41, 5.74) is 1.82. The quantitative estimate of drug-likeness (QED) is 0.491. The van der Waals surface area contributed by atoms with Crippen molar-refractivity contribution in [2.45, 2.75) is 13.8 Å². The molecule has 0 aliphatic carbocycles. The first-order valence-corrected chi connectivity index (χ1v) is 3.72. The fourth-order valence-corrected chi connectivity index (χ4v) is 1.17. The zero-order valence-corrected chi connectivity index (χ0v) is 6.89. The first-order chi connectivity index (χ1) is 5.29. The summed E-state index contributed by atoms with van der Waals surface area (Å²) in [7, 11) is 0. The summed E-state index contributed by atoms with van der Waals surface area (Å²) in [6.45, 7) is 4.60. The molecule has 2 nitrogen and oxygen atoms in total. The zero-order valence-electron chi connectivity index (χ0n) is 6.89. The maximum Gasteiger partial charge on any atom is 0.188 e. The lowest BCUT2D eigenvalue weighted by Crippen LogP contribution is -2.21. The first-order valence-electron chi connectivity index (χ1n) is 3.72.